The summed E-state index contributed by atoms with van der Waals surface area (Å²) >= 11 is 0. The maximum absolute atomic E-state index is 12.1. The van der Waals surface area contributed by atoms with Crippen molar-refractivity contribution in [1.82, 2.24) is 4.98 Å². The molecule has 0 spiro atoms. The first-order valence-corrected chi connectivity index (χ1v) is 5.41. The number of halogens is 3. The van der Waals surface area contributed by atoms with E-state index in [2.05, 4.69) is 9.72 Å². The molecule has 1 aromatic heterocycles. The summed E-state index contributed by atoms with van der Waals surface area (Å²) in [5, 5.41) is 0. The lowest BCUT2D eigenvalue weighted by atomic mass is 10.0. The number of benzene rings is 1. The van der Waals surface area contributed by atoms with Gasteiger partial charge in [-0.25, -0.2) is 0 Å². The zero-order chi connectivity index (χ0) is 14.0. The van der Waals surface area contributed by atoms with Crippen LogP contribution >= 0.6 is 0 Å². The molecule has 0 aliphatic heterocycles. The average Bonchev–Trinajstić information content (AvgIpc) is 2.26. The predicted molar refractivity (Wildman–Crippen MR) is 63.9 cm³/mol. The van der Waals surface area contributed by atoms with Crippen LogP contribution in [0.1, 0.15) is 5.69 Å². The van der Waals surface area contributed by atoms with E-state index in [9.17, 15) is 18.0 Å². The summed E-state index contributed by atoms with van der Waals surface area (Å²) in [5.74, 6) is -0.296. The van der Waals surface area contributed by atoms with Crippen molar-refractivity contribution in [2.45, 2.75) is 13.3 Å². The minimum atomic E-state index is -4.72. The molecule has 2 aromatic rings. The van der Waals surface area contributed by atoms with E-state index in [1.165, 1.54) is 24.3 Å². The highest BCUT2D eigenvalue weighted by Gasteiger charge is 2.31. The number of rotatable bonds is 2. The van der Waals surface area contributed by atoms with E-state index in [0.29, 0.717) is 16.8 Å². The van der Waals surface area contributed by atoms with E-state index >= 15 is 0 Å². The zero-order valence-corrected chi connectivity index (χ0v) is 9.91. The van der Waals surface area contributed by atoms with Crippen molar-refractivity contribution < 1.29 is 17.9 Å². The smallest absolute Gasteiger partial charge is 0.406 e. The van der Waals surface area contributed by atoms with E-state index in [-0.39, 0.29) is 11.3 Å². The molecule has 0 bridgehead atoms. The topological polar surface area (TPSA) is 42.1 Å². The number of aryl methyl sites for hydroxylation is 1. The van der Waals surface area contributed by atoms with Crippen LogP contribution in [-0.4, -0.2) is 11.3 Å². The summed E-state index contributed by atoms with van der Waals surface area (Å²) in [6.45, 7) is 1.67. The van der Waals surface area contributed by atoms with E-state index in [1.807, 2.05) is 0 Å². The highest BCUT2D eigenvalue weighted by atomic mass is 19.4. The van der Waals surface area contributed by atoms with E-state index < -0.39 is 6.36 Å². The number of pyridine rings is 1. The molecule has 0 aliphatic rings. The van der Waals surface area contributed by atoms with Crippen LogP contribution in [0.5, 0.6) is 5.75 Å². The van der Waals surface area contributed by atoms with Gasteiger partial charge in [0.1, 0.15) is 5.75 Å². The van der Waals surface area contributed by atoms with Gasteiger partial charge in [-0.05, 0) is 30.7 Å². The molecule has 0 amide bonds. The monoisotopic (exact) mass is 269 g/mol. The summed E-state index contributed by atoms with van der Waals surface area (Å²) in [5.41, 5.74) is 1.50. The second kappa shape index (κ2) is 4.79. The first kappa shape index (κ1) is 13.2. The summed E-state index contributed by atoms with van der Waals surface area (Å²) in [7, 11) is 0. The summed E-state index contributed by atoms with van der Waals surface area (Å²) < 4.78 is 40.3. The third-order valence-corrected chi connectivity index (χ3v) is 2.49. The number of hydrogen-bond acceptors (Lipinski definition) is 2. The van der Waals surface area contributed by atoms with E-state index in [0.717, 1.165) is 0 Å². The lowest BCUT2D eigenvalue weighted by molar-refractivity contribution is -0.274. The van der Waals surface area contributed by atoms with Gasteiger partial charge >= 0.3 is 6.36 Å². The van der Waals surface area contributed by atoms with Crippen molar-refractivity contribution >= 4 is 0 Å². The number of alkyl halides is 3. The quantitative estimate of drug-likeness (QED) is 0.909. The fraction of sp³-hybridized carbons (Fsp3) is 0.154. The Morgan fingerprint density at radius 3 is 2.53 bits per heavy atom. The maximum Gasteiger partial charge on any atom is 0.573 e. The van der Waals surface area contributed by atoms with Crippen LogP contribution in [0.2, 0.25) is 0 Å². The van der Waals surface area contributed by atoms with Gasteiger partial charge in [0.2, 0.25) is 5.56 Å². The van der Waals surface area contributed by atoms with Crippen LogP contribution < -0.4 is 10.3 Å². The van der Waals surface area contributed by atoms with Gasteiger partial charge in [0, 0.05) is 17.3 Å². The van der Waals surface area contributed by atoms with Crippen molar-refractivity contribution in [3.05, 3.63) is 52.4 Å². The van der Waals surface area contributed by atoms with Crippen LogP contribution in [0.4, 0.5) is 13.2 Å². The molecule has 1 aromatic carbocycles. The summed E-state index contributed by atoms with van der Waals surface area (Å²) in [4.78, 5) is 13.7. The molecule has 0 atom stereocenters. The van der Waals surface area contributed by atoms with Crippen molar-refractivity contribution in [3.8, 4) is 16.9 Å². The fourth-order valence-electron chi connectivity index (χ4n) is 1.75. The van der Waals surface area contributed by atoms with Crippen molar-refractivity contribution in [1.29, 1.82) is 0 Å². The van der Waals surface area contributed by atoms with E-state index in [4.69, 9.17) is 0 Å². The van der Waals surface area contributed by atoms with Crippen LogP contribution in [0.15, 0.2) is 41.2 Å². The number of nitrogens with one attached hydrogen (secondary N) is 1. The molecule has 2 rings (SSSR count). The third-order valence-electron chi connectivity index (χ3n) is 2.49. The number of ether oxygens (including phenoxy) is 1. The van der Waals surface area contributed by atoms with Gasteiger partial charge < -0.3 is 9.72 Å². The van der Waals surface area contributed by atoms with Crippen molar-refractivity contribution in [2.75, 3.05) is 0 Å². The Morgan fingerprint density at radius 1 is 1.16 bits per heavy atom. The first-order chi connectivity index (χ1) is 8.85. The highest BCUT2D eigenvalue weighted by Crippen LogP contribution is 2.28. The van der Waals surface area contributed by atoms with Gasteiger partial charge in [-0.3, -0.25) is 4.79 Å². The van der Waals surface area contributed by atoms with Gasteiger partial charge in [-0.1, -0.05) is 12.1 Å². The molecule has 0 unspecified atom stereocenters. The first-order valence-electron chi connectivity index (χ1n) is 5.41. The van der Waals surface area contributed by atoms with Crippen LogP contribution in [0.25, 0.3) is 11.1 Å². The Balaban J connectivity index is 2.40. The van der Waals surface area contributed by atoms with Gasteiger partial charge in [0.15, 0.2) is 0 Å². The Morgan fingerprint density at radius 2 is 1.89 bits per heavy atom. The Bertz CT molecular complexity index is 647. The average molecular weight is 269 g/mol. The summed E-state index contributed by atoms with van der Waals surface area (Å²) in [6.07, 6.45) is -4.72. The van der Waals surface area contributed by atoms with Crippen LogP contribution in [0, 0.1) is 6.92 Å². The second-order valence-corrected chi connectivity index (χ2v) is 3.94. The minimum absolute atomic E-state index is 0.260. The number of aromatic amines is 1. The molecule has 100 valence electrons. The SMILES string of the molecule is Cc1[nH]c(=O)ccc1-c1cccc(OC(F)(F)F)c1. The minimum Gasteiger partial charge on any atom is -0.406 e. The third kappa shape index (κ3) is 3.37. The molecule has 0 saturated carbocycles. The van der Waals surface area contributed by atoms with Crippen molar-refractivity contribution in [3.63, 3.8) is 0 Å². The molecule has 1 heterocycles. The largest absolute Gasteiger partial charge is 0.573 e. The summed E-state index contributed by atoms with van der Waals surface area (Å²) in [6, 6.07) is 8.47. The standard InChI is InChI=1S/C13H10F3NO2/c1-8-11(5-6-12(18)17-8)9-3-2-4-10(7-9)19-13(14,15)16/h2-7H,1H3,(H,17,18). The Kier molecular flexibility index (Phi) is 3.33. The molecule has 0 radical (unpaired) electrons. The molecule has 0 aliphatic carbocycles. The lowest BCUT2D eigenvalue weighted by Crippen LogP contribution is -2.17. The molecule has 0 saturated heterocycles. The van der Waals surface area contributed by atoms with Gasteiger partial charge in [-0.2, -0.15) is 0 Å². The Labute approximate surface area is 106 Å². The van der Waals surface area contributed by atoms with E-state index in [1.54, 1.807) is 19.1 Å². The molecule has 19 heavy (non-hydrogen) atoms. The highest BCUT2D eigenvalue weighted by molar-refractivity contribution is 5.66. The number of hydrogen-bond donors (Lipinski definition) is 1. The molecular weight excluding hydrogens is 259 g/mol. The van der Waals surface area contributed by atoms with Gasteiger partial charge in [0.25, 0.3) is 0 Å². The van der Waals surface area contributed by atoms with Crippen LogP contribution in [-0.2, 0) is 0 Å². The van der Waals surface area contributed by atoms with Crippen LogP contribution in [0.3, 0.4) is 0 Å². The second-order valence-electron chi connectivity index (χ2n) is 3.94. The molecule has 0 fully saturated rings. The molecule has 6 heteroatoms. The number of H-pyrrole nitrogens is 1. The zero-order valence-electron chi connectivity index (χ0n) is 9.91. The molecule has 1 N–H and O–H groups in total. The predicted octanol–water partition coefficient (Wildman–Crippen LogP) is 3.25. The fourth-order valence-corrected chi connectivity index (χ4v) is 1.75. The maximum atomic E-state index is 12.1. The van der Waals surface area contributed by atoms with Gasteiger partial charge in [0.05, 0.1) is 0 Å². The Hall–Kier alpha value is -2.24. The lowest BCUT2D eigenvalue weighted by Gasteiger charge is -2.11. The molecular formula is C13H10F3NO2. The molecule has 3 nitrogen and oxygen atoms in total. The van der Waals surface area contributed by atoms with Crippen molar-refractivity contribution in [2.24, 2.45) is 0 Å². The normalized spacial score (nSPS) is 11.4. The number of aromatic nitrogens is 1. The van der Waals surface area contributed by atoms with Gasteiger partial charge in [-0.15, -0.1) is 13.2 Å².